The fourth-order valence-corrected chi connectivity index (χ4v) is 3.64. The molecule has 6 nitrogen and oxygen atoms in total. The van der Waals surface area contributed by atoms with E-state index in [2.05, 4.69) is 16.7 Å². The highest BCUT2D eigenvalue weighted by atomic mass is 35.5. The Morgan fingerprint density at radius 1 is 1.19 bits per heavy atom. The monoisotopic (exact) mass is 390 g/mol. The van der Waals surface area contributed by atoms with Gasteiger partial charge in [0.2, 0.25) is 0 Å². The van der Waals surface area contributed by atoms with Crippen molar-refractivity contribution in [3.8, 4) is 6.07 Å². The van der Waals surface area contributed by atoms with Gasteiger partial charge >= 0.3 is 6.03 Å². The maximum Gasteiger partial charge on any atom is 0.324 e. The zero-order valence-electron chi connectivity index (χ0n) is 14.7. The number of hydrogen-bond donors (Lipinski definition) is 2. The number of urea groups is 1. The summed E-state index contributed by atoms with van der Waals surface area (Å²) >= 11 is 6.93. The molecule has 2 N–H and O–H groups in total. The van der Waals surface area contributed by atoms with Gasteiger partial charge in [-0.2, -0.15) is 5.26 Å². The highest BCUT2D eigenvalue weighted by molar-refractivity contribution is 7.18. The van der Waals surface area contributed by atoms with E-state index in [1.54, 1.807) is 36.1 Å². The molecule has 2 aromatic rings. The van der Waals surface area contributed by atoms with E-state index in [0.29, 0.717) is 44.8 Å². The van der Waals surface area contributed by atoms with Crippen LogP contribution in [0.3, 0.4) is 0 Å². The SMILES string of the molecule is CCN(CC)C(=O)c1sc(NC(=O)Nc2ccc(Cl)cc2)c(C#N)c1C. The van der Waals surface area contributed by atoms with Crippen molar-refractivity contribution in [1.29, 1.82) is 5.26 Å². The minimum Gasteiger partial charge on any atom is -0.338 e. The maximum absolute atomic E-state index is 12.6. The number of carbonyl (C=O) groups excluding carboxylic acids is 2. The molecule has 1 aromatic heterocycles. The van der Waals surface area contributed by atoms with Crippen molar-refractivity contribution in [2.45, 2.75) is 20.8 Å². The molecule has 1 heterocycles. The normalized spacial score (nSPS) is 10.1. The first-order valence-corrected chi connectivity index (χ1v) is 9.27. The molecular weight excluding hydrogens is 372 g/mol. The number of thiophene rings is 1. The van der Waals surface area contributed by atoms with Crippen molar-refractivity contribution >= 4 is 45.6 Å². The van der Waals surface area contributed by atoms with E-state index in [-0.39, 0.29) is 5.91 Å². The van der Waals surface area contributed by atoms with Gasteiger partial charge in [-0.3, -0.25) is 10.1 Å². The second kappa shape index (κ2) is 8.70. The van der Waals surface area contributed by atoms with Crippen LogP contribution in [0, 0.1) is 18.3 Å². The van der Waals surface area contributed by atoms with Gasteiger partial charge in [0.05, 0.1) is 10.4 Å². The van der Waals surface area contributed by atoms with Crippen LogP contribution in [0.2, 0.25) is 5.02 Å². The van der Waals surface area contributed by atoms with E-state index in [4.69, 9.17) is 11.6 Å². The van der Waals surface area contributed by atoms with Crippen molar-refractivity contribution in [2.24, 2.45) is 0 Å². The molecule has 136 valence electrons. The standard InChI is InChI=1S/C18H19ClN4O2S/c1-4-23(5-2)17(24)15-11(3)14(10-20)16(26-15)22-18(25)21-13-8-6-12(19)7-9-13/h6-9H,4-5H2,1-3H3,(H2,21,22,25). The number of rotatable bonds is 5. The number of hydrogen-bond acceptors (Lipinski definition) is 4. The summed E-state index contributed by atoms with van der Waals surface area (Å²) < 4.78 is 0. The van der Waals surface area contributed by atoms with E-state index >= 15 is 0 Å². The van der Waals surface area contributed by atoms with Gasteiger partial charge in [-0.1, -0.05) is 11.6 Å². The predicted octanol–water partition coefficient (Wildman–Crippen LogP) is 4.71. The quantitative estimate of drug-likeness (QED) is 0.775. The maximum atomic E-state index is 12.6. The molecule has 0 unspecified atom stereocenters. The van der Waals surface area contributed by atoms with Gasteiger partial charge in [-0.25, -0.2) is 4.79 Å². The Morgan fingerprint density at radius 2 is 1.81 bits per heavy atom. The topological polar surface area (TPSA) is 85.2 Å². The zero-order valence-corrected chi connectivity index (χ0v) is 16.3. The van der Waals surface area contributed by atoms with Gasteiger partial charge in [-0.05, 0) is 50.6 Å². The predicted molar refractivity (Wildman–Crippen MR) is 105 cm³/mol. The number of carbonyl (C=O) groups is 2. The van der Waals surface area contributed by atoms with Crippen molar-refractivity contribution < 1.29 is 9.59 Å². The molecule has 0 atom stereocenters. The third-order valence-corrected chi connectivity index (χ3v) is 5.28. The third-order valence-electron chi connectivity index (χ3n) is 3.83. The van der Waals surface area contributed by atoms with Gasteiger partial charge in [0.1, 0.15) is 11.1 Å². The molecule has 0 aliphatic carbocycles. The van der Waals surface area contributed by atoms with E-state index in [9.17, 15) is 14.9 Å². The highest BCUT2D eigenvalue weighted by Crippen LogP contribution is 2.33. The number of amides is 3. The first kappa shape index (κ1) is 19.8. The van der Waals surface area contributed by atoms with Crippen LogP contribution in [0.15, 0.2) is 24.3 Å². The average Bonchev–Trinajstić information content (AvgIpc) is 2.93. The number of nitrogens with zero attached hydrogens (tertiary/aromatic N) is 2. The third kappa shape index (κ3) is 4.34. The molecular formula is C18H19ClN4O2S. The number of benzene rings is 1. The van der Waals surface area contributed by atoms with Crippen LogP contribution < -0.4 is 10.6 Å². The first-order chi connectivity index (χ1) is 12.4. The summed E-state index contributed by atoms with van der Waals surface area (Å²) in [4.78, 5) is 27.0. The largest absolute Gasteiger partial charge is 0.338 e. The Kier molecular flexibility index (Phi) is 6.61. The summed E-state index contributed by atoms with van der Waals surface area (Å²) in [5, 5.41) is 15.7. The van der Waals surface area contributed by atoms with Crippen LogP contribution in [0.4, 0.5) is 15.5 Å². The van der Waals surface area contributed by atoms with Gasteiger partial charge in [0.15, 0.2) is 0 Å². The summed E-state index contributed by atoms with van der Waals surface area (Å²) in [7, 11) is 0. The number of halogens is 1. The number of anilines is 2. The van der Waals surface area contributed by atoms with Crippen molar-refractivity contribution in [3.63, 3.8) is 0 Å². The van der Waals surface area contributed by atoms with E-state index in [1.807, 2.05) is 13.8 Å². The Hall–Kier alpha value is -2.56. The summed E-state index contributed by atoms with van der Waals surface area (Å²) in [6, 6.07) is 8.24. The second-order valence-corrected chi connectivity index (χ2v) is 6.89. The summed E-state index contributed by atoms with van der Waals surface area (Å²) in [5.74, 6) is -0.139. The average molecular weight is 391 g/mol. The molecule has 3 amide bonds. The fraction of sp³-hybridized carbons (Fsp3) is 0.278. The van der Waals surface area contributed by atoms with Crippen LogP contribution in [-0.4, -0.2) is 29.9 Å². The summed E-state index contributed by atoms with van der Waals surface area (Å²) in [6.07, 6.45) is 0. The van der Waals surface area contributed by atoms with Crippen LogP contribution in [0.1, 0.15) is 34.6 Å². The lowest BCUT2D eigenvalue weighted by atomic mass is 10.1. The molecule has 0 aliphatic heterocycles. The number of nitriles is 1. The van der Waals surface area contributed by atoms with Crippen LogP contribution in [0.25, 0.3) is 0 Å². The first-order valence-electron chi connectivity index (χ1n) is 8.07. The fourth-order valence-electron chi connectivity index (χ4n) is 2.39. The highest BCUT2D eigenvalue weighted by Gasteiger charge is 2.23. The lowest BCUT2D eigenvalue weighted by Crippen LogP contribution is -2.30. The molecule has 0 fully saturated rings. The lowest BCUT2D eigenvalue weighted by Gasteiger charge is -2.17. The van der Waals surface area contributed by atoms with Gasteiger partial charge < -0.3 is 10.2 Å². The van der Waals surface area contributed by atoms with Crippen LogP contribution >= 0.6 is 22.9 Å². The van der Waals surface area contributed by atoms with Gasteiger partial charge in [-0.15, -0.1) is 11.3 Å². The lowest BCUT2D eigenvalue weighted by molar-refractivity contribution is 0.0777. The van der Waals surface area contributed by atoms with E-state index < -0.39 is 6.03 Å². The molecule has 0 saturated heterocycles. The van der Waals surface area contributed by atoms with E-state index in [0.717, 1.165) is 11.3 Å². The Bertz CT molecular complexity index is 851. The minimum absolute atomic E-state index is 0.139. The number of nitrogens with one attached hydrogen (secondary N) is 2. The van der Waals surface area contributed by atoms with Crippen molar-refractivity contribution in [1.82, 2.24) is 4.90 Å². The smallest absolute Gasteiger partial charge is 0.324 e. The second-order valence-electron chi connectivity index (χ2n) is 5.44. The molecule has 1 aromatic carbocycles. The van der Waals surface area contributed by atoms with Crippen LogP contribution in [-0.2, 0) is 0 Å². The van der Waals surface area contributed by atoms with Gasteiger partial charge in [0, 0.05) is 23.8 Å². The van der Waals surface area contributed by atoms with Crippen molar-refractivity contribution in [3.05, 3.63) is 45.3 Å². The van der Waals surface area contributed by atoms with Crippen LogP contribution in [0.5, 0.6) is 0 Å². The molecule has 0 aliphatic rings. The summed E-state index contributed by atoms with van der Waals surface area (Å²) in [6.45, 7) is 6.67. The van der Waals surface area contributed by atoms with Gasteiger partial charge in [0.25, 0.3) is 5.91 Å². The molecule has 2 rings (SSSR count). The van der Waals surface area contributed by atoms with Crippen molar-refractivity contribution in [2.75, 3.05) is 23.7 Å². The summed E-state index contributed by atoms with van der Waals surface area (Å²) in [5.41, 5.74) is 1.45. The molecule has 0 bridgehead atoms. The molecule has 0 saturated carbocycles. The minimum atomic E-state index is -0.494. The molecule has 8 heteroatoms. The Morgan fingerprint density at radius 3 is 2.35 bits per heavy atom. The van der Waals surface area contributed by atoms with E-state index in [1.165, 1.54) is 0 Å². The Labute approximate surface area is 161 Å². The molecule has 0 spiro atoms. The Balaban J connectivity index is 2.22. The zero-order chi connectivity index (χ0) is 19.3. The molecule has 0 radical (unpaired) electrons. The molecule has 26 heavy (non-hydrogen) atoms.